The van der Waals surface area contributed by atoms with Crippen molar-refractivity contribution in [1.82, 2.24) is 15.5 Å². The molecule has 3 rings (SSSR count). The van der Waals surface area contributed by atoms with E-state index in [-0.39, 0.29) is 25.7 Å². The average molecular weight is 383 g/mol. The third-order valence-electron chi connectivity index (χ3n) is 4.42. The van der Waals surface area contributed by atoms with Crippen molar-refractivity contribution >= 4 is 18.3 Å². The molecule has 4 amide bonds. The minimum absolute atomic E-state index is 0.0879. The van der Waals surface area contributed by atoms with E-state index in [9.17, 15) is 14.4 Å². The second-order valence-electron chi connectivity index (χ2n) is 6.28. The van der Waals surface area contributed by atoms with Gasteiger partial charge in [-0.05, 0) is 29.3 Å². The second kappa shape index (κ2) is 9.01. The number of carbonyl (C=O) groups excluding carboxylic acids is 3. The molecule has 28 heavy (non-hydrogen) atoms. The molecule has 0 aliphatic carbocycles. The Morgan fingerprint density at radius 2 is 2.04 bits per heavy atom. The van der Waals surface area contributed by atoms with Crippen LogP contribution in [0.3, 0.4) is 0 Å². The van der Waals surface area contributed by atoms with E-state index in [2.05, 4.69) is 10.6 Å². The van der Waals surface area contributed by atoms with Gasteiger partial charge in [-0.15, -0.1) is 0 Å². The third-order valence-corrected chi connectivity index (χ3v) is 4.42. The number of nitrogens with zero attached hydrogens (tertiary/aromatic N) is 1. The normalized spacial score (nSPS) is 13.6. The van der Waals surface area contributed by atoms with Gasteiger partial charge in [-0.2, -0.15) is 0 Å². The van der Waals surface area contributed by atoms with E-state index in [1.165, 1.54) is 0 Å². The third kappa shape index (κ3) is 4.47. The summed E-state index contributed by atoms with van der Waals surface area (Å²) >= 11 is 0. The molecule has 1 atom stereocenters. The first-order valence-corrected chi connectivity index (χ1v) is 8.84. The van der Waals surface area contributed by atoms with Crippen molar-refractivity contribution in [3.8, 4) is 5.75 Å². The standard InChI is InChI=1S/C20H21N3O5/c24-8-9-28-16-6-7-17-15(10-16)11-23(19(17)26)12-18(22-20(27)21-13-25)14-4-2-1-3-5-14/h1-7,10,13,18,24H,8-9,11-12H2,(H2,21,22,25,27)/t18-/m0/s1. The Labute approximate surface area is 162 Å². The van der Waals surface area contributed by atoms with E-state index in [1.54, 1.807) is 23.1 Å². The number of benzene rings is 2. The van der Waals surface area contributed by atoms with E-state index in [4.69, 9.17) is 9.84 Å². The van der Waals surface area contributed by atoms with Crippen LogP contribution in [-0.4, -0.2) is 48.1 Å². The van der Waals surface area contributed by atoms with Gasteiger partial charge in [-0.25, -0.2) is 4.79 Å². The number of aliphatic hydroxyl groups is 1. The van der Waals surface area contributed by atoms with Gasteiger partial charge in [0.1, 0.15) is 12.4 Å². The number of aliphatic hydroxyl groups excluding tert-OH is 1. The van der Waals surface area contributed by atoms with Gasteiger partial charge in [0.2, 0.25) is 6.41 Å². The zero-order valence-electron chi connectivity index (χ0n) is 15.1. The lowest BCUT2D eigenvalue weighted by Crippen LogP contribution is -2.42. The monoisotopic (exact) mass is 383 g/mol. The molecule has 2 aromatic rings. The summed E-state index contributed by atoms with van der Waals surface area (Å²) in [5.74, 6) is 0.452. The lowest BCUT2D eigenvalue weighted by molar-refractivity contribution is -0.108. The van der Waals surface area contributed by atoms with Gasteiger partial charge in [0.25, 0.3) is 5.91 Å². The largest absolute Gasteiger partial charge is 0.491 e. The number of urea groups is 1. The van der Waals surface area contributed by atoms with Crippen molar-refractivity contribution in [2.75, 3.05) is 19.8 Å². The number of ether oxygens (including phenoxy) is 1. The van der Waals surface area contributed by atoms with Crippen LogP contribution in [0.25, 0.3) is 0 Å². The van der Waals surface area contributed by atoms with Gasteiger partial charge in [0.05, 0.1) is 12.6 Å². The molecule has 1 aliphatic heterocycles. The Kier molecular flexibility index (Phi) is 6.23. The minimum Gasteiger partial charge on any atom is -0.491 e. The summed E-state index contributed by atoms with van der Waals surface area (Å²) in [5, 5.41) is 13.6. The molecule has 0 radical (unpaired) electrons. The fraction of sp³-hybridized carbons (Fsp3) is 0.250. The molecule has 2 aromatic carbocycles. The van der Waals surface area contributed by atoms with Crippen LogP contribution in [0.15, 0.2) is 48.5 Å². The van der Waals surface area contributed by atoms with Gasteiger partial charge in [0.15, 0.2) is 0 Å². The molecule has 0 bridgehead atoms. The Balaban J connectivity index is 1.76. The van der Waals surface area contributed by atoms with Crippen molar-refractivity contribution in [2.45, 2.75) is 12.6 Å². The van der Waals surface area contributed by atoms with Crippen molar-refractivity contribution < 1.29 is 24.2 Å². The molecule has 0 fully saturated rings. The zero-order chi connectivity index (χ0) is 19.9. The fourth-order valence-electron chi connectivity index (χ4n) is 3.15. The van der Waals surface area contributed by atoms with Gasteiger partial charge in [0, 0.05) is 18.7 Å². The van der Waals surface area contributed by atoms with Gasteiger partial charge < -0.3 is 20.1 Å². The fourth-order valence-corrected chi connectivity index (χ4v) is 3.15. The zero-order valence-corrected chi connectivity index (χ0v) is 15.1. The van der Waals surface area contributed by atoms with E-state index in [0.717, 1.165) is 11.1 Å². The summed E-state index contributed by atoms with van der Waals surface area (Å²) < 4.78 is 5.40. The maximum Gasteiger partial charge on any atom is 0.321 e. The SMILES string of the molecule is O=CNC(=O)N[C@@H](CN1Cc2cc(OCCO)ccc2C1=O)c1ccccc1. The van der Waals surface area contributed by atoms with Crippen LogP contribution in [0.5, 0.6) is 5.75 Å². The summed E-state index contributed by atoms with van der Waals surface area (Å²) in [6.07, 6.45) is 0.308. The molecule has 3 N–H and O–H groups in total. The molecule has 1 aliphatic rings. The highest BCUT2D eigenvalue weighted by atomic mass is 16.5. The quantitative estimate of drug-likeness (QED) is 0.594. The molecule has 0 spiro atoms. The lowest BCUT2D eigenvalue weighted by Gasteiger charge is -2.25. The number of fused-ring (bicyclic) bond motifs is 1. The number of rotatable bonds is 8. The number of imide groups is 1. The van der Waals surface area contributed by atoms with E-state index < -0.39 is 12.1 Å². The van der Waals surface area contributed by atoms with Crippen LogP contribution in [0, 0.1) is 0 Å². The van der Waals surface area contributed by atoms with E-state index in [0.29, 0.717) is 24.3 Å². The van der Waals surface area contributed by atoms with Crippen molar-refractivity contribution in [3.05, 3.63) is 65.2 Å². The van der Waals surface area contributed by atoms with E-state index in [1.807, 2.05) is 30.3 Å². The van der Waals surface area contributed by atoms with E-state index >= 15 is 0 Å². The Morgan fingerprint density at radius 3 is 2.75 bits per heavy atom. The molecule has 0 unspecified atom stereocenters. The number of amides is 4. The highest BCUT2D eigenvalue weighted by molar-refractivity contribution is 5.98. The first kappa shape index (κ1) is 19.4. The topological polar surface area (TPSA) is 108 Å². The maximum atomic E-state index is 12.8. The van der Waals surface area contributed by atoms with Crippen LogP contribution in [0.2, 0.25) is 0 Å². The van der Waals surface area contributed by atoms with Crippen LogP contribution < -0.4 is 15.4 Å². The first-order chi connectivity index (χ1) is 13.6. The number of hydrogen-bond donors (Lipinski definition) is 3. The molecule has 146 valence electrons. The van der Waals surface area contributed by atoms with Gasteiger partial charge in [-0.1, -0.05) is 30.3 Å². The highest BCUT2D eigenvalue weighted by Gasteiger charge is 2.30. The minimum atomic E-state index is -0.632. The second-order valence-corrected chi connectivity index (χ2v) is 6.28. The van der Waals surface area contributed by atoms with Gasteiger partial charge in [-0.3, -0.25) is 14.9 Å². The van der Waals surface area contributed by atoms with Crippen LogP contribution in [0.4, 0.5) is 4.79 Å². The van der Waals surface area contributed by atoms with Crippen LogP contribution >= 0.6 is 0 Å². The smallest absolute Gasteiger partial charge is 0.321 e. The maximum absolute atomic E-state index is 12.8. The molecular formula is C20H21N3O5. The van der Waals surface area contributed by atoms with Crippen molar-refractivity contribution in [1.29, 1.82) is 0 Å². The molecule has 0 aromatic heterocycles. The number of nitrogens with one attached hydrogen (secondary N) is 2. The average Bonchev–Trinajstić information content (AvgIpc) is 3.01. The molecule has 0 saturated heterocycles. The highest BCUT2D eigenvalue weighted by Crippen LogP contribution is 2.28. The predicted octanol–water partition coefficient (Wildman–Crippen LogP) is 1.21. The molecule has 8 nitrogen and oxygen atoms in total. The van der Waals surface area contributed by atoms with Crippen molar-refractivity contribution in [2.24, 2.45) is 0 Å². The van der Waals surface area contributed by atoms with Crippen molar-refractivity contribution in [3.63, 3.8) is 0 Å². The Hall–Kier alpha value is -3.39. The molecule has 8 heteroatoms. The van der Waals surface area contributed by atoms with Crippen LogP contribution in [0.1, 0.15) is 27.5 Å². The summed E-state index contributed by atoms with van der Waals surface area (Å²) in [6.45, 7) is 0.721. The number of carbonyl (C=O) groups is 3. The summed E-state index contributed by atoms with van der Waals surface area (Å²) in [4.78, 5) is 36.8. The Morgan fingerprint density at radius 1 is 1.25 bits per heavy atom. The Bertz CT molecular complexity index is 856. The lowest BCUT2D eigenvalue weighted by atomic mass is 10.1. The predicted molar refractivity (Wildman–Crippen MR) is 101 cm³/mol. The first-order valence-electron chi connectivity index (χ1n) is 8.84. The molecule has 1 heterocycles. The molecular weight excluding hydrogens is 362 g/mol. The van der Waals surface area contributed by atoms with Gasteiger partial charge >= 0.3 is 6.03 Å². The summed E-state index contributed by atoms with van der Waals surface area (Å²) in [5.41, 5.74) is 2.23. The molecule has 0 saturated carbocycles. The number of hydrogen-bond acceptors (Lipinski definition) is 5. The summed E-state index contributed by atoms with van der Waals surface area (Å²) in [7, 11) is 0. The summed E-state index contributed by atoms with van der Waals surface area (Å²) in [6, 6.07) is 13.3. The van der Waals surface area contributed by atoms with Crippen LogP contribution in [-0.2, 0) is 11.3 Å².